The minimum Gasteiger partial charge on any atom is -0.480 e. The van der Waals surface area contributed by atoms with E-state index in [1.54, 1.807) is 6.92 Å². The molecular weight excluding hydrogens is 278 g/mol. The molecule has 8 heteroatoms. The number of hydrogen-bond acceptors (Lipinski definition) is 4. The Morgan fingerprint density at radius 2 is 1.95 bits per heavy atom. The number of ether oxygens (including phenoxy) is 1. The molecule has 3 amide bonds. The molecule has 1 aliphatic heterocycles. The number of nitrogens with one attached hydrogen (secondary N) is 2. The fourth-order valence-electron chi connectivity index (χ4n) is 1.86. The van der Waals surface area contributed by atoms with Gasteiger partial charge in [0.15, 0.2) is 6.04 Å². The van der Waals surface area contributed by atoms with Crippen molar-refractivity contribution >= 4 is 17.9 Å². The first kappa shape index (κ1) is 17.2. The van der Waals surface area contributed by atoms with Crippen molar-refractivity contribution in [3.8, 4) is 0 Å². The fraction of sp³-hybridized carbons (Fsp3) is 0.769. The van der Waals surface area contributed by atoms with Gasteiger partial charge in [0.05, 0.1) is 13.2 Å². The summed E-state index contributed by atoms with van der Waals surface area (Å²) in [6, 6.07) is -2.37. The largest absolute Gasteiger partial charge is 0.480 e. The van der Waals surface area contributed by atoms with Crippen LogP contribution in [0.3, 0.4) is 0 Å². The molecule has 0 bridgehead atoms. The number of amides is 3. The van der Waals surface area contributed by atoms with Crippen molar-refractivity contribution in [2.45, 2.75) is 45.3 Å². The zero-order valence-electron chi connectivity index (χ0n) is 12.8. The van der Waals surface area contributed by atoms with Gasteiger partial charge >= 0.3 is 12.0 Å². The summed E-state index contributed by atoms with van der Waals surface area (Å²) in [6.45, 7) is 7.46. The van der Waals surface area contributed by atoms with Crippen molar-refractivity contribution in [3.63, 3.8) is 0 Å². The third kappa shape index (κ3) is 5.22. The molecule has 0 radical (unpaired) electrons. The van der Waals surface area contributed by atoms with Crippen molar-refractivity contribution in [2.75, 3.05) is 19.8 Å². The number of morpholine rings is 1. The van der Waals surface area contributed by atoms with Crippen LogP contribution in [-0.2, 0) is 14.3 Å². The maximum Gasteiger partial charge on any atom is 0.328 e. The van der Waals surface area contributed by atoms with Gasteiger partial charge in [-0.25, -0.2) is 9.59 Å². The number of carbonyl (C=O) groups excluding carboxylic acids is 2. The molecule has 0 aromatic carbocycles. The maximum atomic E-state index is 12.1. The number of rotatable bonds is 3. The van der Waals surface area contributed by atoms with Gasteiger partial charge in [0.1, 0.15) is 6.04 Å². The molecule has 0 aromatic heterocycles. The van der Waals surface area contributed by atoms with E-state index in [-0.39, 0.29) is 25.7 Å². The Morgan fingerprint density at radius 1 is 1.33 bits per heavy atom. The highest BCUT2D eigenvalue weighted by molar-refractivity contribution is 5.89. The predicted molar refractivity (Wildman–Crippen MR) is 74.8 cm³/mol. The highest BCUT2D eigenvalue weighted by Crippen LogP contribution is 2.08. The summed E-state index contributed by atoms with van der Waals surface area (Å²) in [4.78, 5) is 36.3. The van der Waals surface area contributed by atoms with E-state index in [2.05, 4.69) is 10.6 Å². The third-order valence-corrected chi connectivity index (χ3v) is 2.91. The van der Waals surface area contributed by atoms with Gasteiger partial charge < -0.3 is 25.4 Å². The molecule has 1 rings (SSSR count). The topological polar surface area (TPSA) is 108 Å². The van der Waals surface area contributed by atoms with E-state index in [1.807, 2.05) is 20.8 Å². The highest BCUT2D eigenvalue weighted by Gasteiger charge is 2.34. The normalized spacial score (nSPS) is 20.6. The third-order valence-electron chi connectivity index (χ3n) is 2.91. The zero-order chi connectivity index (χ0) is 16.2. The van der Waals surface area contributed by atoms with Crippen molar-refractivity contribution < 1.29 is 24.2 Å². The van der Waals surface area contributed by atoms with Crippen molar-refractivity contribution in [3.05, 3.63) is 0 Å². The Balaban J connectivity index is 2.62. The van der Waals surface area contributed by atoms with Crippen LogP contribution in [0.5, 0.6) is 0 Å². The van der Waals surface area contributed by atoms with Crippen molar-refractivity contribution in [2.24, 2.45) is 0 Å². The second kappa shape index (κ2) is 6.75. The van der Waals surface area contributed by atoms with Gasteiger partial charge in [-0.05, 0) is 27.7 Å². The van der Waals surface area contributed by atoms with Crippen LogP contribution >= 0.6 is 0 Å². The molecule has 120 valence electrons. The summed E-state index contributed by atoms with van der Waals surface area (Å²) in [5.41, 5.74) is -0.404. The molecular formula is C13H23N3O5. The van der Waals surface area contributed by atoms with Crippen LogP contribution in [0.2, 0.25) is 0 Å². The molecule has 0 aromatic rings. The molecule has 1 aliphatic rings. The molecule has 0 saturated carbocycles. The first-order valence-corrected chi connectivity index (χ1v) is 6.81. The van der Waals surface area contributed by atoms with Crippen LogP contribution in [0.1, 0.15) is 27.7 Å². The molecule has 2 atom stereocenters. The SMILES string of the molecule is CC(NC(=O)N1CCOCC1C(=O)O)C(=O)NC(C)(C)C. The Labute approximate surface area is 123 Å². The quantitative estimate of drug-likeness (QED) is 0.668. The number of urea groups is 1. The van der Waals surface area contributed by atoms with E-state index >= 15 is 0 Å². The lowest BCUT2D eigenvalue weighted by Gasteiger charge is -2.33. The number of carboxylic acid groups (broad SMARTS) is 1. The van der Waals surface area contributed by atoms with Gasteiger partial charge in [0, 0.05) is 12.1 Å². The number of aliphatic carboxylic acids is 1. The minimum absolute atomic E-state index is 0.0503. The molecule has 1 heterocycles. The van der Waals surface area contributed by atoms with Gasteiger partial charge in [-0.2, -0.15) is 0 Å². The van der Waals surface area contributed by atoms with Crippen LogP contribution in [-0.4, -0.2) is 65.3 Å². The van der Waals surface area contributed by atoms with Crippen LogP contribution in [0, 0.1) is 0 Å². The lowest BCUT2D eigenvalue weighted by Crippen LogP contribution is -2.59. The summed E-state index contributed by atoms with van der Waals surface area (Å²) >= 11 is 0. The monoisotopic (exact) mass is 301 g/mol. The van der Waals surface area contributed by atoms with E-state index < -0.39 is 29.6 Å². The first-order chi connectivity index (χ1) is 9.61. The molecule has 3 N–H and O–H groups in total. The van der Waals surface area contributed by atoms with Gasteiger partial charge in [-0.15, -0.1) is 0 Å². The standard InChI is InChI=1S/C13H23N3O5/c1-8(10(17)15-13(2,3)4)14-12(20)16-5-6-21-7-9(16)11(18)19/h8-9H,5-7H2,1-4H3,(H,14,20)(H,15,17)(H,18,19). The zero-order valence-corrected chi connectivity index (χ0v) is 12.8. The Hall–Kier alpha value is -1.83. The number of carbonyl (C=O) groups is 3. The van der Waals surface area contributed by atoms with E-state index in [9.17, 15) is 14.4 Å². The molecule has 1 saturated heterocycles. The van der Waals surface area contributed by atoms with Gasteiger partial charge in [0.2, 0.25) is 5.91 Å². The molecule has 2 unspecified atom stereocenters. The second-order valence-electron chi connectivity index (χ2n) is 6.03. The molecule has 0 spiro atoms. The predicted octanol–water partition coefficient (Wildman–Crippen LogP) is -0.215. The number of carboxylic acids is 1. The summed E-state index contributed by atoms with van der Waals surface area (Å²) in [5, 5.41) is 14.3. The lowest BCUT2D eigenvalue weighted by molar-refractivity contribution is -0.147. The molecule has 8 nitrogen and oxygen atoms in total. The average molecular weight is 301 g/mol. The Bertz CT molecular complexity index is 419. The molecule has 21 heavy (non-hydrogen) atoms. The summed E-state index contributed by atoms with van der Waals surface area (Å²) in [7, 11) is 0. The van der Waals surface area contributed by atoms with Crippen LogP contribution < -0.4 is 10.6 Å². The molecule has 0 aliphatic carbocycles. The lowest BCUT2D eigenvalue weighted by atomic mass is 10.1. The fourth-order valence-corrected chi connectivity index (χ4v) is 1.86. The van der Waals surface area contributed by atoms with Crippen LogP contribution in [0.25, 0.3) is 0 Å². The second-order valence-corrected chi connectivity index (χ2v) is 6.03. The van der Waals surface area contributed by atoms with Crippen molar-refractivity contribution in [1.82, 2.24) is 15.5 Å². The van der Waals surface area contributed by atoms with Crippen LogP contribution in [0.4, 0.5) is 4.79 Å². The Kier molecular flexibility index (Phi) is 5.54. The number of hydrogen-bond donors (Lipinski definition) is 3. The summed E-state index contributed by atoms with van der Waals surface area (Å²) < 4.78 is 5.06. The van der Waals surface area contributed by atoms with Crippen LogP contribution in [0.15, 0.2) is 0 Å². The first-order valence-electron chi connectivity index (χ1n) is 6.81. The van der Waals surface area contributed by atoms with E-state index in [1.165, 1.54) is 4.90 Å². The van der Waals surface area contributed by atoms with E-state index in [0.29, 0.717) is 0 Å². The van der Waals surface area contributed by atoms with Gasteiger partial charge in [-0.3, -0.25) is 4.79 Å². The Morgan fingerprint density at radius 3 is 2.48 bits per heavy atom. The number of nitrogens with zero attached hydrogens (tertiary/aromatic N) is 1. The van der Waals surface area contributed by atoms with Gasteiger partial charge in [-0.1, -0.05) is 0 Å². The summed E-state index contributed by atoms with van der Waals surface area (Å²) in [5.74, 6) is -1.45. The summed E-state index contributed by atoms with van der Waals surface area (Å²) in [6.07, 6.45) is 0. The van der Waals surface area contributed by atoms with E-state index in [0.717, 1.165) is 0 Å². The van der Waals surface area contributed by atoms with Crippen molar-refractivity contribution in [1.29, 1.82) is 0 Å². The highest BCUT2D eigenvalue weighted by atomic mass is 16.5. The smallest absolute Gasteiger partial charge is 0.328 e. The molecule has 1 fully saturated rings. The van der Waals surface area contributed by atoms with Gasteiger partial charge in [0.25, 0.3) is 0 Å². The average Bonchev–Trinajstić information content (AvgIpc) is 2.36. The van der Waals surface area contributed by atoms with E-state index in [4.69, 9.17) is 9.84 Å². The minimum atomic E-state index is -1.13. The maximum absolute atomic E-state index is 12.1.